The molecule has 1 saturated carbocycles. The second-order valence-corrected chi connectivity index (χ2v) is 6.05. The van der Waals surface area contributed by atoms with Gasteiger partial charge >= 0.3 is 12.0 Å². The predicted octanol–water partition coefficient (Wildman–Crippen LogP) is 2.26. The molecule has 1 aliphatic heterocycles. The third kappa shape index (κ3) is 2.86. The van der Waals surface area contributed by atoms with E-state index in [4.69, 9.17) is 0 Å². The molecule has 1 aliphatic carbocycles. The second-order valence-electron chi connectivity index (χ2n) is 6.05. The van der Waals surface area contributed by atoms with Gasteiger partial charge in [0.1, 0.15) is 0 Å². The van der Waals surface area contributed by atoms with Gasteiger partial charge in [0.15, 0.2) is 0 Å². The lowest BCUT2D eigenvalue weighted by molar-refractivity contribution is -0.141. The van der Waals surface area contributed by atoms with E-state index >= 15 is 0 Å². The van der Waals surface area contributed by atoms with Crippen LogP contribution in [0.1, 0.15) is 25.3 Å². The van der Waals surface area contributed by atoms with Crippen LogP contribution in [0.5, 0.6) is 0 Å². The molecule has 2 aliphatic rings. The fourth-order valence-corrected chi connectivity index (χ4v) is 2.94. The first kappa shape index (κ1) is 13.9. The van der Waals surface area contributed by atoms with Crippen LogP contribution in [0, 0.1) is 11.8 Å². The van der Waals surface area contributed by atoms with E-state index in [1.54, 1.807) is 4.90 Å². The van der Waals surface area contributed by atoms with Crippen LogP contribution < -0.4 is 10.2 Å². The van der Waals surface area contributed by atoms with Gasteiger partial charge in [0.2, 0.25) is 0 Å². The maximum atomic E-state index is 12.5. The molecule has 1 aromatic rings. The molecule has 5 nitrogen and oxygen atoms in total. The highest BCUT2D eigenvalue weighted by atomic mass is 16.4. The molecule has 0 saturated heterocycles. The summed E-state index contributed by atoms with van der Waals surface area (Å²) in [4.78, 5) is 25.4. The number of urea groups is 1. The molecule has 0 spiro atoms. The molecule has 112 valence electrons. The van der Waals surface area contributed by atoms with Crippen LogP contribution in [0.25, 0.3) is 0 Å². The summed E-state index contributed by atoms with van der Waals surface area (Å²) in [5.41, 5.74) is 1.75. The van der Waals surface area contributed by atoms with E-state index in [1.165, 1.54) is 0 Å². The van der Waals surface area contributed by atoms with Crippen LogP contribution in [-0.2, 0) is 11.2 Å². The van der Waals surface area contributed by atoms with Crippen molar-refractivity contribution in [2.45, 2.75) is 32.2 Å². The first-order valence-electron chi connectivity index (χ1n) is 7.45. The van der Waals surface area contributed by atoms with E-state index < -0.39 is 11.9 Å². The number of benzene rings is 1. The van der Waals surface area contributed by atoms with Crippen LogP contribution in [-0.4, -0.2) is 29.7 Å². The van der Waals surface area contributed by atoms with E-state index in [0.717, 1.165) is 24.1 Å². The summed E-state index contributed by atoms with van der Waals surface area (Å²) in [5.74, 6) is -0.816. The van der Waals surface area contributed by atoms with Crippen molar-refractivity contribution in [2.75, 3.05) is 11.4 Å². The number of rotatable bonds is 3. The van der Waals surface area contributed by atoms with Crippen LogP contribution >= 0.6 is 0 Å². The SMILES string of the molecule is CC(NC(=O)N1CC(C(=O)O)Cc2ccccc21)C1CC1. The summed E-state index contributed by atoms with van der Waals surface area (Å²) in [6.07, 6.45) is 2.80. The third-order valence-corrected chi connectivity index (χ3v) is 4.43. The molecule has 3 rings (SSSR count). The number of fused-ring (bicyclic) bond motifs is 1. The molecule has 2 amide bonds. The summed E-state index contributed by atoms with van der Waals surface area (Å²) >= 11 is 0. The zero-order chi connectivity index (χ0) is 15.0. The molecule has 5 heteroatoms. The Morgan fingerprint density at radius 1 is 1.33 bits per heavy atom. The number of carbonyl (C=O) groups is 2. The predicted molar refractivity (Wildman–Crippen MR) is 79.3 cm³/mol. The minimum atomic E-state index is -0.849. The molecule has 1 fully saturated rings. The third-order valence-electron chi connectivity index (χ3n) is 4.43. The Morgan fingerprint density at radius 2 is 2.05 bits per heavy atom. The molecule has 21 heavy (non-hydrogen) atoms. The highest BCUT2D eigenvalue weighted by molar-refractivity contribution is 5.94. The summed E-state index contributed by atoms with van der Waals surface area (Å²) in [5, 5.41) is 12.3. The normalized spacial score (nSPS) is 22.3. The number of anilines is 1. The average Bonchev–Trinajstić information content (AvgIpc) is 3.30. The van der Waals surface area contributed by atoms with E-state index in [0.29, 0.717) is 12.3 Å². The summed E-state index contributed by atoms with van der Waals surface area (Å²) < 4.78 is 0. The molecular formula is C16H20N2O3. The lowest BCUT2D eigenvalue weighted by Crippen LogP contribution is -2.49. The molecule has 2 N–H and O–H groups in total. The zero-order valence-electron chi connectivity index (χ0n) is 12.1. The van der Waals surface area contributed by atoms with Gasteiger partial charge < -0.3 is 10.4 Å². The Hall–Kier alpha value is -2.04. The number of carboxylic acids is 1. The molecule has 0 radical (unpaired) electrons. The molecule has 2 unspecified atom stereocenters. The fraction of sp³-hybridized carbons (Fsp3) is 0.500. The smallest absolute Gasteiger partial charge is 0.322 e. The van der Waals surface area contributed by atoms with Crippen molar-refractivity contribution in [3.63, 3.8) is 0 Å². The Morgan fingerprint density at radius 3 is 2.71 bits per heavy atom. The van der Waals surface area contributed by atoms with Gasteiger partial charge in [-0.1, -0.05) is 18.2 Å². The number of nitrogens with zero attached hydrogens (tertiary/aromatic N) is 1. The topological polar surface area (TPSA) is 69.6 Å². The number of carbonyl (C=O) groups excluding carboxylic acids is 1. The molecule has 0 aromatic heterocycles. The fourth-order valence-electron chi connectivity index (χ4n) is 2.94. The van der Waals surface area contributed by atoms with Crippen LogP contribution in [0.4, 0.5) is 10.5 Å². The minimum absolute atomic E-state index is 0.148. The first-order chi connectivity index (χ1) is 10.1. The van der Waals surface area contributed by atoms with Crippen molar-refractivity contribution in [1.82, 2.24) is 5.32 Å². The Kier molecular flexibility index (Phi) is 3.57. The van der Waals surface area contributed by atoms with Crippen molar-refractivity contribution in [1.29, 1.82) is 0 Å². The highest BCUT2D eigenvalue weighted by Gasteiger charge is 2.34. The number of aliphatic carboxylic acids is 1. The molecular weight excluding hydrogens is 268 g/mol. The van der Waals surface area contributed by atoms with Crippen LogP contribution in [0.15, 0.2) is 24.3 Å². The van der Waals surface area contributed by atoms with E-state index in [1.807, 2.05) is 31.2 Å². The minimum Gasteiger partial charge on any atom is -0.481 e. The zero-order valence-corrected chi connectivity index (χ0v) is 12.1. The van der Waals surface area contributed by atoms with Gasteiger partial charge in [-0.3, -0.25) is 9.69 Å². The van der Waals surface area contributed by atoms with Gasteiger partial charge in [0.25, 0.3) is 0 Å². The van der Waals surface area contributed by atoms with Crippen LogP contribution in [0.2, 0.25) is 0 Å². The number of nitrogens with one attached hydrogen (secondary N) is 1. The Balaban J connectivity index is 1.81. The van der Waals surface area contributed by atoms with Gasteiger partial charge in [0.05, 0.1) is 5.92 Å². The lowest BCUT2D eigenvalue weighted by atomic mass is 9.93. The van der Waals surface area contributed by atoms with Gasteiger partial charge in [0, 0.05) is 18.3 Å². The summed E-state index contributed by atoms with van der Waals surface area (Å²) in [7, 11) is 0. The molecule has 1 heterocycles. The van der Waals surface area contributed by atoms with Gasteiger partial charge in [-0.15, -0.1) is 0 Å². The quantitative estimate of drug-likeness (QED) is 0.896. The largest absolute Gasteiger partial charge is 0.481 e. The van der Waals surface area contributed by atoms with E-state index in [9.17, 15) is 14.7 Å². The number of hydrogen-bond acceptors (Lipinski definition) is 2. The Labute approximate surface area is 123 Å². The number of amides is 2. The van der Waals surface area contributed by atoms with E-state index in [-0.39, 0.29) is 18.6 Å². The standard InChI is InChI=1S/C16H20N2O3/c1-10(11-6-7-11)17-16(21)18-9-13(15(19)20)8-12-4-2-3-5-14(12)18/h2-5,10-11,13H,6-9H2,1H3,(H,17,21)(H,19,20). The van der Waals surface area contributed by atoms with Crippen molar-refractivity contribution in [2.24, 2.45) is 11.8 Å². The van der Waals surface area contributed by atoms with Crippen LogP contribution in [0.3, 0.4) is 0 Å². The summed E-state index contributed by atoms with van der Waals surface area (Å²) in [6, 6.07) is 7.50. The average molecular weight is 288 g/mol. The maximum Gasteiger partial charge on any atom is 0.322 e. The first-order valence-corrected chi connectivity index (χ1v) is 7.45. The second kappa shape index (κ2) is 5.39. The van der Waals surface area contributed by atoms with Crippen molar-refractivity contribution < 1.29 is 14.7 Å². The monoisotopic (exact) mass is 288 g/mol. The molecule has 2 atom stereocenters. The lowest BCUT2D eigenvalue weighted by Gasteiger charge is -2.33. The Bertz CT molecular complexity index is 568. The van der Waals surface area contributed by atoms with Gasteiger partial charge in [-0.05, 0) is 43.7 Å². The number of hydrogen-bond donors (Lipinski definition) is 2. The highest BCUT2D eigenvalue weighted by Crippen LogP contribution is 2.33. The van der Waals surface area contributed by atoms with E-state index in [2.05, 4.69) is 5.32 Å². The molecule has 0 bridgehead atoms. The number of para-hydroxylation sites is 1. The van der Waals surface area contributed by atoms with Crippen molar-refractivity contribution >= 4 is 17.7 Å². The van der Waals surface area contributed by atoms with Crippen molar-refractivity contribution in [3.8, 4) is 0 Å². The van der Waals surface area contributed by atoms with Gasteiger partial charge in [-0.25, -0.2) is 4.79 Å². The number of carboxylic acid groups (broad SMARTS) is 1. The van der Waals surface area contributed by atoms with Gasteiger partial charge in [-0.2, -0.15) is 0 Å². The van der Waals surface area contributed by atoms with Crippen molar-refractivity contribution in [3.05, 3.63) is 29.8 Å². The molecule has 1 aromatic carbocycles. The summed E-state index contributed by atoms with van der Waals surface area (Å²) in [6.45, 7) is 2.25. The maximum absolute atomic E-state index is 12.5.